The molecule has 0 saturated carbocycles. The molecule has 2 rings (SSSR count). The number of ether oxygens (including phenoxy) is 3. The normalized spacial score (nSPS) is 20.6. The van der Waals surface area contributed by atoms with Crippen LogP contribution in [0.25, 0.3) is 0 Å². The molecule has 12 heavy (non-hydrogen) atoms. The summed E-state index contributed by atoms with van der Waals surface area (Å²) in [6, 6.07) is 0. The molecule has 0 spiro atoms. The predicted molar refractivity (Wildman–Crippen MR) is 42.9 cm³/mol. The molecular formula is C9H10O3. The SMILES string of the molecule is COC1=CCC=C2OCOC2=C1. The third-order valence-corrected chi connectivity index (χ3v) is 1.80. The van der Waals surface area contributed by atoms with Crippen LogP contribution in [0.1, 0.15) is 6.42 Å². The molecule has 0 unspecified atom stereocenters. The maximum Gasteiger partial charge on any atom is 0.231 e. The van der Waals surface area contributed by atoms with Crippen molar-refractivity contribution in [2.45, 2.75) is 6.42 Å². The summed E-state index contributed by atoms with van der Waals surface area (Å²) < 4.78 is 15.5. The molecule has 0 N–H and O–H groups in total. The van der Waals surface area contributed by atoms with Crippen LogP contribution >= 0.6 is 0 Å². The number of hydrogen-bond acceptors (Lipinski definition) is 3. The van der Waals surface area contributed by atoms with Crippen molar-refractivity contribution < 1.29 is 14.2 Å². The lowest BCUT2D eigenvalue weighted by Crippen LogP contribution is -1.85. The zero-order chi connectivity index (χ0) is 8.39. The summed E-state index contributed by atoms with van der Waals surface area (Å²) in [6.07, 6.45) is 6.61. The quantitative estimate of drug-likeness (QED) is 0.593. The Hall–Kier alpha value is -1.38. The summed E-state index contributed by atoms with van der Waals surface area (Å²) in [7, 11) is 1.64. The smallest absolute Gasteiger partial charge is 0.231 e. The van der Waals surface area contributed by atoms with Gasteiger partial charge < -0.3 is 14.2 Å². The highest BCUT2D eigenvalue weighted by molar-refractivity contribution is 5.32. The molecule has 3 nitrogen and oxygen atoms in total. The van der Waals surface area contributed by atoms with Gasteiger partial charge in [-0.15, -0.1) is 0 Å². The standard InChI is InChI=1S/C9H10O3/c1-10-7-3-2-4-8-9(5-7)12-6-11-8/h3-5H,2,6H2,1H3. The number of fused-ring (bicyclic) bond motifs is 1. The van der Waals surface area contributed by atoms with Crippen molar-refractivity contribution >= 4 is 0 Å². The summed E-state index contributed by atoms with van der Waals surface area (Å²) in [6.45, 7) is 0.314. The molecule has 0 aromatic carbocycles. The highest BCUT2D eigenvalue weighted by atomic mass is 16.7. The van der Waals surface area contributed by atoms with Crippen LogP contribution in [0.2, 0.25) is 0 Å². The second-order valence-corrected chi connectivity index (χ2v) is 2.53. The summed E-state index contributed by atoms with van der Waals surface area (Å²) >= 11 is 0. The Balaban J connectivity index is 2.28. The Morgan fingerprint density at radius 2 is 2.08 bits per heavy atom. The first-order valence-corrected chi connectivity index (χ1v) is 3.82. The minimum Gasteiger partial charge on any atom is -0.497 e. The van der Waals surface area contributed by atoms with E-state index >= 15 is 0 Å². The number of methoxy groups -OCH3 is 1. The minimum absolute atomic E-state index is 0.314. The largest absolute Gasteiger partial charge is 0.497 e. The molecular weight excluding hydrogens is 156 g/mol. The molecule has 1 fully saturated rings. The molecule has 0 atom stereocenters. The van der Waals surface area contributed by atoms with Gasteiger partial charge in [0.15, 0.2) is 11.5 Å². The van der Waals surface area contributed by atoms with Gasteiger partial charge in [0.05, 0.1) is 7.11 Å². The van der Waals surface area contributed by atoms with E-state index in [1.54, 1.807) is 7.11 Å². The van der Waals surface area contributed by atoms with E-state index in [0.29, 0.717) is 6.79 Å². The second kappa shape index (κ2) is 2.93. The molecule has 0 amide bonds. The van der Waals surface area contributed by atoms with Gasteiger partial charge in [-0.1, -0.05) is 0 Å². The Labute approximate surface area is 70.9 Å². The fourth-order valence-corrected chi connectivity index (χ4v) is 1.18. The molecule has 0 radical (unpaired) electrons. The van der Waals surface area contributed by atoms with Gasteiger partial charge in [-0.3, -0.25) is 0 Å². The number of hydrogen-bond donors (Lipinski definition) is 0. The summed E-state index contributed by atoms with van der Waals surface area (Å²) in [4.78, 5) is 0. The van der Waals surface area contributed by atoms with Crippen LogP contribution in [-0.4, -0.2) is 13.9 Å². The number of allylic oxidation sites excluding steroid dienone is 3. The van der Waals surface area contributed by atoms with Crippen LogP contribution in [0.4, 0.5) is 0 Å². The number of rotatable bonds is 1. The molecule has 3 heteroatoms. The van der Waals surface area contributed by atoms with Crippen molar-refractivity contribution in [3.05, 3.63) is 35.5 Å². The first-order chi connectivity index (χ1) is 5.90. The van der Waals surface area contributed by atoms with Crippen molar-refractivity contribution in [3.8, 4) is 0 Å². The highest BCUT2D eigenvalue weighted by Crippen LogP contribution is 2.25. The predicted octanol–water partition coefficient (Wildman–Crippen LogP) is 1.69. The van der Waals surface area contributed by atoms with Crippen molar-refractivity contribution in [1.82, 2.24) is 0 Å². The zero-order valence-electron chi connectivity index (χ0n) is 6.87. The molecule has 1 saturated heterocycles. The molecule has 1 heterocycles. The first kappa shape index (κ1) is 7.28. The van der Waals surface area contributed by atoms with Crippen LogP contribution in [0, 0.1) is 0 Å². The van der Waals surface area contributed by atoms with E-state index in [4.69, 9.17) is 14.2 Å². The average molecular weight is 166 g/mol. The van der Waals surface area contributed by atoms with Gasteiger partial charge in [0.2, 0.25) is 6.79 Å². The molecule has 0 bridgehead atoms. The molecule has 1 aliphatic carbocycles. The van der Waals surface area contributed by atoms with E-state index in [1.165, 1.54) is 0 Å². The Bertz CT molecular complexity index is 273. The van der Waals surface area contributed by atoms with Crippen molar-refractivity contribution in [3.63, 3.8) is 0 Å². The Morgan fingerprint density at radius 3 is 2.92 bits per heavy atom. The lowest BCUT2D eigenvalue weighted by molar-refractivity contribution is 0.0970. The molecule has 1 aliphatic heterocycles. The third-order valence-electron chi connectivity index (χ3n) is 1.80. The second-order valence-electron chi connectivity index (χ2n) is 2.53. The minimum atomic E-state index is 0.314. The van der Waals surface area contributed by atoms with Crippen LogP contribution in [0.15, 0.2) is 35.5 Å². The highest BCUT2D eigenvalue weighted by Gasteiger charge is 2.17. The van der Waals surface area contributed by atoms with E-state index in [-0.39, 0.29) is 0 Å². The fraction of sp³-hybridized carbons (Fsp3) is 0.333. The maximum absolute atomic E-state index is 5.22. The Morgan fingerprint density at radius 1 is 1.25 bits per heavy atom. The van der Waals surface area contributed by atoms with Gasteiger partial charge in [-0.2, -0.15) is 0 Å². The van der Waals surface area contributed by atoms with Crippen molar-refractivity contribution in [2.24, 2.45) is 0 Å². The van der Waals surface area contributed by atoms with Gasteiger partial charge in [0.1, 0.15) is 5.76 Å². The molecule has 0 aromatic heterocycles. The molecule has 0 aromatic rings. The van der Waals surface area contributed by atoms with Crippen molar-refractivity contribution in [1.29, 1.82) is 0 Å². The molecule has 64 valence electrons. The molecule has 2 aliphatic rings. The van der Waals surface area contributed by atoms with Gasteiger partial charge in [0, 0.05) is 6.08 Å². The van der Waals surface area contributed by atoms with Gasteiger partial charge in [-0.25, -0.2) is 0 Å². The fourth-order valence-electron chi connectivity index (χ4n) is 1.18. The monoisotopic (exact) mass is 166 g/mol. The van der Waals surface area contributed by atoms with E-state index in [2.05, 4.69) is 0 Å². The zero-order valence-corrected chi connectivity index (χ0v) is 6.87. The summed E-state index contributed by atoms with van der Waals surface area (Å²) in [5.74, 6) is 2.40. The average Bonchev–Trinajstić information content (AvgIpc) is 2.43. The third kappa shape index (κ3) is 1.18. The lowest BCUT2D eigenvalue weighted by Gasteiger charge is -1.98. The van der Waals surface area contributed by atoms with Gasteiger partial charge in [-0.05, 0) is 18.6 Å². The lowest BCUT2D eigenvalue weighted by atomic mass is 10.3. The van der Waals surface area contributed by atoms with E-state index < -0.39 is 0 Å². The van der Waals surface area contributed by atoms with Crippen LogP contribution < -0.4 is 0 Å². The van der Waals surface area contributed by atoms with Crippen molar-refractivity contribution in [2.75, 3.05) is 13.9 Å². The summed E-state index contributed by atoms with van der Waals surface area (Å²) in [5.41, 5.74) is 0. The van der Waals surface area contributed by atoms with Crippen LogP contribution in [0.3, 0.4) is 0 Å². The topological polar surface area (TPSA) is 27.7 Å². The van der Waals surface area contributed by atoms with Gasteiger partial charge in [0.25, 0.3) is 0 Å². The van der Waals surface area contributed by atoms with E-state index in [0.717, 1.165) is 23.7 Å². The first-order valence-electron chi connectivity index (χ1n) is 3.82. The summed E-state index contributed by atoms with van der Waals surface area (Å²) in [5, 5.41) is 0. The Kier molecular flexibility index (Phi) is 1.78. The maximum atomic E-state index is 5.22. The van der Waals surface area contributed by atoms with E-state index in [1.807, 2.05) is 18.2 Å². The van der Waals surface area contributed by atoms with Gasteiger partial charge >= 0.3 is 0 Å². The van der Waals surface area contributed by atoms with Crippen LogP contribution in [0.5, 0.6) is 0 Å². The van der Waals surface area contributed by atoms with Crippen LogP contribution in [-0.2, 0) is 14.2 Å². The van der Waals surface area contributed by atoms with E-state index in [9.17, 15) is 0 Å².